The average molecular weight is 283 g/mol. The number of aliphatic carboxylic acids is 1. The number of nitrogens with zero attached hydrogens (tertiary/aromatic N) is 3. The first-order valence-corrected chi connectivity index (χ1v) is 6.32. The van der Waals surface area contributed by atoms with Crippen molar-refractivity contribution < 1.29 is 14.7 Å². The van der Waals surface area contributed by atoms with Crippen LogP contribution in [0.25, 0.3) is 0 Å². The summed E-state index contributed by atoms with van der Waals surface area (Å²) < 4.78 is 1.76. The van der Waals surface area contributed by atoms with Gasteiger partial charge in [-0.2, -0.15) is 0 Å². The SMILES string of the molecule is Cn1cnnc1CCNC(=O)N[C@H](C(=O)O)C(C)(C)C. The summed E-state index contributed by atoms with van der Waals surface area (Å²) in [7, 11) is 1.81. The van der Waals surface area contributed by atoms with Gasteiger partial charge in [0.2, 0.25) is 0 Å². The first-order chi connectivity index (χ1) is 9.21. The summed E-state index contributed by atoms with van der Waals surface area (Å²) in [5, 5.41) is 21.8. The Bertz CT molecular complexity index is 478. The zero-order chi connectivity index (χ0) is 15.3. The third-order valence-electron chi connectivity index (χ3n) is 2.83. The maximum Gasteiger partial charge on any atom is 0.326 e. The summed E-state index contributed by atoms with van der Waals surface area (Å²) in [6.07, 6.45) is 2.10. The topological polar surface area (TPSA) is 109 Å². The highest BCUT2D eigenvalue weighted by Crippen LogP contribution is 2.19. The molecule has 3 N–H and O–H groups in total. The first kappa shape index (κ1) is 15.9. The van der Waals surface area contributed by atoms with E-state index < -0.39 is 23.5 Å². The fraction of sp³-hybridized carbons (Fsp3) is 0.667. The van der Waals surface area contributed by atoms with Gasteiger partial charge in [-0.3, -0.25) is 0 Å². The number of hydrogen-bond acceptors (Lipinski definition) is 4. The highest BCUT2D eigenvalue weighted by atomic mass is 16.4. The van der Waals surface area contributed by atoms with Gasteiger partial charge in [0.05, 0.1) is 0 Å². The highest BCUT2D eigenvalue weighted by molar-refractivity contribution is 5.83. The van der Waals surface area contributed by atoms with Crippen molar-refractivity contribution in [3.05, 3.63) is 12.2 Å². The molecular weight excluding hydrogens is 262 g/mol. The molecule has 20 heavy (non-hydrogen) atoms. The van der Waals surface area contributed by atoms with Gasteiger partial charge in [-0.25, -0.2) is 9.59 Å². The van der Waals surface area contributed by atoms with Gasteiger partial charge in [-0.1, -0.05) is 20.8 Å². The molecule has 0 saturated carbocycles. The number of carboxylic acid groups (broad SMARTS) is 1. The molecule has 0 fully saturated rings. The Morgan fingerprint density at radius 3 is 2.55 bits per heavy atom. The lowest BCUT2D eigenvalue weighted by Gasteiger charge is -2.27. The monoisotopic (exact) mass is 283 g/mol. The number of hydrogen-bond donors (Lipinski definition) is 3. The molecule has 2 amide bonds. The number of aromatic nitrogens is 3. The van der Waals surface area contributed by atoms with Crippen molar-refractivity contribution in [3.8, 4) is 0 Å². The zero-order valence-electron chi connectivity index (χ0n) is 12.2. The van der Waals surface area contributed by atoms with Gasteiger partial charge in [0.15, 0.2) is 0 Å². The average Bonchev–Trinajstić information content (AvgIpc) is 2.70. The predicted octanol–water partition coefficient (Wildman–Crippen LogP) is 0.156. The lowest BCUT2D eigenvalue weighted by atomic mass is 9.87. The van der Waals surface area contributed by atoms with Crippen LogP contribution in [0.3, 0.4) is 0 Å². The van der Waals surface area contributed by atoms with Crippen LogP contribution in [0.15, 0.2) is 6.33 Å². The van der Waals surface area contributed by atoms with Crippen molar-refractivity contribution in [1.82, 2.24) is 25.4 Å². The molecular formula is C12H21N5O3. The minimum absolute atomic E-state index is 0.356. The molecule has 1 aromatic rings. The van der Waals surface area contributed by atoms with Crippen molar-refractivity contribution in [1.29, 1.82) is 0 Å². The molecule has 0 aliphatic carbocycles. The molecule has 0 aliphatic heterocycles. The number of carboxylic acids is 1. The van der Waals surface area contributed by atoms with E-state index in [1.807, 2.05) is 7.05 Å². The van der Waals surface area contributed by atoms with Crippen LogP contribution >= 0.6 is 0 Å². The fourth-order valence-corrected chi connectivity index (χ4v) is 1.65. The second-order valence-corrected chi connectivity index (χ2v) is 5.65. The Labute approximate surface area is 117 Å². The number of urea groups is 1. The Hall–Kier alpha value is -2.12. The van der Waals surface area contributed by atoms with E-state index in [0.717, 1.165) is 5.82 Å². The van der Waals surface area contributed by atoms with Crippen LogP contribution in [0.4, 0.5) is 4.79 Å². The molecule has 0 aromatic carbocycles. The lowest BCUT2D eigenvalue weighted by molar-refractivity contribution is -0.141. The van der Waals surface area contributed by atoms with Crippen LogP contribution in [0.2, 0.25) is 0 Å². The molecule has 1 atom stereocenters. The molecule has 0 aliphatic rings. The van der Waals surface area contributed by atoms with Gasteiger partial charge < -0.3 is 20.3 Å². The zero-order valence-corrected chi connectivity index (χ0v) is 12.2. The molecule has 8 nitrogen and oxygen atoms in total. The second kappa shape index (κ2) is 6.36. The molecule has 0 spiro atoms. The van der Waals surface area contributed by atoms with Gasteiger partial charge in [0.1, 0.15) is 18.2 Å². The van der Waals surface area contributed by atoms with Crippen LogP contribution in [0.1, 0.15) is 26.6 Å². The summed E-state index contributed by atoms with van der Waals surface area (Å²) in [6.45, 7) is 5.62. The second-order valence-electron chi connectivity index (χ2n) is 5.65. The summed E-state index contributed by atoms with van der Waals surface area (Å²) in [5.74, 6) is -0.308. The van der Waals surface area contributed by atoms with Gasteiger partial charge in [0.25, 0.3) is 0 Å². The Morgan fingerprint density at radius 1 is 1.45 bits per heavy atom. The van der Waals surface area contributed by atoms with Gasteiger partial charge in [-0.15, -0.1) is 10.2 Å². The maximum atomic E-state index is 11.7. The number of rotatable bonds is 5. The maximum absolute atomic E-state index is 11.7. The van der Waals surface area contributed by atoms with Gasteiger partial charge in [0, 0.05) is 20.0 Å². The summed E-state index contributed by atoms with van der Waals surface area (Å²) in [6, 6.07) is -1.45. The molecule has 112 valence electrons. The quantitative estimate of drug-likeness (QED) is 0.713. The van der Waals surface area contributed by atoms with Crippen molar-refractivity contribution in [2.75, 3.05) is 6.54 Å². The standard InChI is InChI=1S/C12H21N5O3/c1-12(2,3)9(10(18)19)15-11(20)13-6-5-8-16-14-7-17(8)4/h7,9H,5-6H2,1-4H3,(H,18,19)(H2,13,15,20)/t9-/m1/s1. The summed E-state index contributed by atoms with van der Waals surface area (Å²) in [4.78, 5) is 22.8. The molecule has 0 saturated heterocycles. The van der Waals surface area contributed by atoms with Crippen LogP contribution in [0, 0.1) is 5.41 Å². The van der Waals surface area contributed by atoms with E-state index in [1.54, 1.807) is 31.7 Å². The van der Waals surface area contributed by atoms with Crippen LogP contribution < -0.4 is 10.6 Å². The van der Waals surface area contributed by atoms with E-state index in [4.69, 9.17) is 5.11 Å². The fourth-order valence-electron chi connectivity index (χ4n) is 1.65. The third kappa shape index (κ3) is 4.52. The van der Waals surface area contributed by atoms with E-state index >= 15 is 0 Å². The number of carbonyl (C=O) groups is 2. The van der Waals surface area contributed by atoms with Gasteiger partial charge in [-0.05, 0) is 5.41 Å². The first-order valence-electron chi connectivity index (χ1n) is 6.32. The van der Waals surface area contributed by atoms with Gasteiger partial charge >= 0.3 is 12.0 Å². The van der Waals surface area contributed by atoms with Crippen molar-refractivity contribution >= 4 is 12.0 Å². The largest absolute Gasteiger partial charge is 0.480 e. The third-order valence-corrected chi connectivity index (χ3v) is 2.83. The highest BCUT2D eigenvalue weighted by Gasteiger charge is 2.32. The Kier molecular flexibility index (Phi) is 5.06. The Morgan fingerprint density at radius 2 is 2.10 bits per heavy atom. The number of nitrogens with one attached hydrogen (secondary N) is 2. The van der Waals surface area contributed by atoms with Crippen LogP contribution in [-0.4, -0.2) is 44.5 Å². The van der Waals surface area contributed by atoms with Crippen molar-refractivity contribution in [2.45, 2.75) is 33.2 Å². The summed E-state index contributed by atoms with van der Waals surface area (Å²) in [5.41, 5.74) is -0.563. The van der Waals surface area contributed by atoms with E-state index in [2.05, 4.69) is 20.8 Å². The number of amides is 2. The van der Waals surface area contributed by atoms with Crippen LogP contribution in [-0.2, 0) is 18.3 Å². The minimum Gasteiger partial charge on any atom is -0.480 e. The lowest BCUT2D eigenvalue weighted by Crippen LogP contribution is -2.52. The molecule has 1 rings (SSSR count). The molecule has 1 heterocycles. The predicted molar refractivity (Wildman–Crippen MR) is 72.1 cm³/mol. The van der Waals surface area contributed by atoms with Crippen molar-refractivity contribution in [2.24, 2.45) is 12.5 Å². The molecule has 1 aromatic heterocycles. The van der Waals surface area contributed by atoms with E-state index in [9.17, 15) is 9.59 Å². The van der Waals surface area contributed by atoms with E-state index in [1.165, 1.54) is 0 Å². The van der Waals surface area contributed by atoms with E-state index in [-0.39, 0.29) is 0 Å². The summed E-state index contributed by atoms with van der Waals surface area (Å²) >= 11 is 0. The number of carbonyl (C=O) groups excluding carboxylic acids is 1. The molecule has 0 unspecified atom stereocenters. The molecule has 8 heteroatoms. The van der Waals surface area contributed by atoms with Crippen molar-refractivity contribution in [3.63, 3.8) is 0 Å². The van der Waals surface area contributed by atoms with E-state index in [0.29, 0.717) is 13.0 Å². The smallest absolute Gasteiger partial charge is 0.326 e. The molecule has 0 bridgehead atoms. The Balaban J connectivity index is 2.43. The normalized spacial score (nSPS) is 12.8. The van der Waals surface area contributed by atoms with Crippen LogP contribution in [0.5, 0.6) is 0 Å². The molecule has 0 radical (unpaired) electrons. The number of aryl methyl sites for hydroxylation is 1. The minimum atomic E-state index is -1.05.